The third kappa shape index (κ3) is 14.6. The number of hydrogen-bond acceptors (Lipinski definition) is 10. The lowest BCUT2D eigenvalue weighted by Crippen LogP contribution is -2.53. The van der Waals surface area contributed by atoms with Gasteiger partial charge in [0.25, 0.3) is 0 Å². The number of aromatic hydroxyl groups is 2. The summed E-state index contributed by atoms with van der Waals surface area (Å²) in [5.41, 5.74) is 12.4. The summed E-state index contributed by atoms with van der Waals surface area (Å²) in [5, 5.41) is 34.0. The molecule has 0 aliphatic heterocycles. The average molecular weight is 657 g/mol. The lowest BCUT2D eigenvalue weighted by Gasteiger charge is -2.20. The highest BCUT2D eigenvalue weighted by Gasteiger charge is 2.23. The van der Waals surface area contributed by atoms with E-state index >= 15 is 0 Å². The Balaban J connectivity index is 1.82. The molecule has 16 nitrogen and oxygen atoms in total. The topological polar surface area (TPSA) is 267 Å². The Morgan fingerprint density at radius 1 is 0.638 bits per heavy atom. The number of carbonyl (C=O) groups is 6. The van der Waals surface area contributed by atoms with E-state index in [1.807, 2.05) is 0 Å². The fourth-order valence-electron chi connectivity index (χ4n) is 4.36. The average Bonchev–Trinajstić information content (AvgIpc) is 3.05. The largest absolute Gasteiger partial charge is 0.508 e. The number of phenolic OH excluding ortho intramolecular Hbond substituents is 2. The van der Waals surface area contributed by atoms with Gasteiger partial charge in [0.2, 0.25) is 35.4 Å². The van der Waals surface area contributed by atoms with E-state index in [1.165, 1.54) is 24.3 Å². The minimum absolute atomic E-state index is 0.0399. The lowest BCUT2D eigenvalue weighted by molar-refractivity contribution is -0.131. The molecule has 0 aliphatic carbocycles. The van der Waals surface area contributed by atoms with E-state index in [-0.39, 0.29) is 24.3 Å². The predicted octanol–water partition coefficient (Wildman–Crippen LogP) is -2.60. The molecule has 12 N–H and O–H groups in total. The first-order chi connectivity index (χ1) is 22.4. The maximum absolute atomic E-state index is 12.9. The van der Waals surface area contributed by atoms with E-state index < -0.39 is 73.2 Å². The van der Waals surface area contributed by atoms with Crippen molar-refractivity contribution >= 4 is 35.4 Å². The van der Waals surface area contributed by atoms with Crippen molar-refractivity contribution in [3.8, 4) is 11.5 Å². The van der Waals surface area contributed by atoms with Crippen LogP contribution in [0.1, 0.15) is 30.4 Å². The molecule has 16 heteroatoms. The number of likely N-dealkylation sites (N-methyl/N-ethyl adjacent to an activating group) is 1. The third-order valence-electron chi connectivity index (χ3n) is 6.99. The fourth-order valence-corrected chi connectivity index (χ4v) is 4.36. The molecule has 6 amide bonds. The molecule has 0 saturated heterocycles. The van der Waals surface area contributed by atoms with Gasteiger partial charge in [0.05, 0.1) is 25.7 Å². The van der Waals surface area contributed by atoms with Crippen LogP contribution in [0.5, 0.6) is 11.5 Å². The van der Waals surface area contributed by atoms with Gasteiger partial charge in [0.15, 0.2) is 0 Å². The number of nitrogens with two attached hydrogens (primary N) is 2. The Kier molecular flexibility index (Phi) is 16.2. The molecule has 2 aromatic carbocycles. The zero-order valence-corrected chi connectivity index (χ0v) is 26.2. The molecule has 0 saturated carbocycles. The molecule has 0 bridgehead atoms. The van der Waals surface area contributed by atoms with Gasteiger partial charge >= 0.3 is 0 Å². The van der Waals surface area contributed by atoms with Crippen LogP contribution in [0, 0.1) is 0 Å². The van der Waals surface area contributed by atoms with Gasteiger partial charge in [-0.25, -0.2) is 0 Å². The van der Waals surface area contributed by atoms with Gasteiger partial charge in [-0.15, -0.1) is 0 Å². The van der Waals surface area contributed by atoms with Gasteiger partial charge < -0.3 is 53.6 Å². The molecular formula is C31H44N8O8. The van der Waals surface area contributed by atoms with Crippen molar-refractivity contribution < 1.29 is 39.0 Å². The molecule has 2 aromatic rings. The van der Waals surface area contributed by atoms with E-state index in [0.29, 0.717) is 31.4 Å². The van der Waals surface area contributed by atoms with Crippen LogP contribution in [0.15, 0.2) is 48.5 Å². The Morgan fingerprint density at radius 2 is 1.09 bits per heavy atom. The van der Waals surface area contributed by atoms with E-state index in [4.69, 9.17) is 11.5 Å². The van der Waals surface area contributed by atoms with Crippen molar-refractivity contribution in [2.75, 3.05) is 33.2 Å². The molecule has 3 unspecified atom stereocenters. The highest BCUT2D eigenvalue weighted by atomic mass is 16.3. The number of primary amides is 1. The Labute approximate surface area is 272 Å². The number of unbranched alkanes of at least 4 members (excludes halogenated alkanes) is 1. The Morgan fingerprint density at radius 3 is 1.57 bits per heavy atom. The Bertz CT molecular complexity index is 1350. The van der Waals surface area contributed by atoms with Crippen LogP contribution in [0.4, 0.5) is 0 Å². The maximum atomic E-state index is 12.9. The number of carbonyl (C=O) groups excluding carboxylic acids is 6. The number of amides is 6. The number of phenols is 2. The standard InChI is InChI=1S/C31H44N8O8/c1-34-25(15-20-7-11-22(41)12-8-20)31(47)37-18-28(44)38-23(4-2-3-13-32)30(46)36-16-26(42)35-17-27(43)39-24(29(33)45)14-19-5-9-21(40)10-6-19/h5-12,23-25,34,40-41H,2-4,13-18,32H2,1H3,(H2,33,45)(H,35,42)(H,36,46)(H,37,47)(H,38,44)(H,39,43). The molecule has 0 aromatic heterocycles. The van der Waals surface area contributed by atoms with Crippen molar-refractivity contribution in [1.29, 1.82) is 0 Å². The molecule has 256 valence electrons. The summed E-state index contributed by atoms with van der Waals surface area (Å²) in [6.45, 7) is -1.02. The van der Waals surface area contributed by atoms with Crippen LogP contribution in [-0.4, -0.2) is 97.0 Å². The summed E-state index contributed by atoms with van der Waals surface area (Å²) in [6.07, 6.45) is 1.70. The van der Waals surface area contributed by atoms with Gasteiger partial charge in [0, 0.05) is 6.42 Å². The van der Waals surface area contributed by atoms with Crippen molar-refractivity contribution in [3.63, 3.8) is 0 Å². The minimum atomic E-state index is -1.06. The van der Waals surface area contributed by atoms with Gasteiger partial charge in [-0.1, -0.05) is 24.3 Å². The Hall–Kier alpha value is -5.22. The fraction of sp³-hybridized carbons (Fsp3) is 0.419. The predicted molar refractivity (Wildman–Crippen MR) is 171 cm³/mol. The summed E-state index contributed by atoms with van der Waals surface area (Å²) in [5.74, 6) is -3.75. The first-order valence-corrected chi connectivity index (χ1v) is 15.0. The molecule has 2 rings (SSSR count). The maximum Gasteiger partial charge on any atom is 0.243 e. The quantitative estimate of drug-likeness (QED) is 0.0664. The summed E-state index contributed by atoms with van der Waals surface area (Å²) in [7, 11) is 1.60. The molecule has 0 aliphatic rings. The molecule has 0 fully saturated rings. The molecule has 47 heavy (non-hydrogen) atoms. The van der Waals surface area contributed by atoms with Gasteiger partial charge in [-0.05, 0) is 74.7 Å². The van der Waals surface area contributed by atoms with E-state index in [0.717, 1.165) is 5.56 Å². The van der Waals surface area contributed by atoms with Gasteiger partial charge in [-0.3, -0.25) is 28.8 Å². The summed E-state index contributed by atoms with van der Waals surface area (Å²) >= 11 is 0. The van der Waals surface area contributed by atoms with E-state index in [2.05, 4.69) is 31.9 Å². The number of nitrogens with one attached hydrogen (secondary N) is 6. The molecular weight excluding hydrogens is 612 g/mol. The monoisotopic (exact) mass is 656 g/mol. The highest BCUT2D eigenvalue weighted by Crippen LogP contribution is 2.12. The second-order valence-corrected chi connectivity index (χ2v) is 10.7. The third-order valence-corrected chi connectivity index (χ3v) is 6.99. The van der Waals surface area contributed by atoms with Gasteiger partial charge in [-0.2, -0.15) is 0 Å². The van der Waals surface area contributed by atoms with Crippen LogP contribution in [0.25, 0.3) is 0 Å². The van der Waals surface area contributed by atoms with Crippen molar-refractivity contribution in [3.05, 3.63) is 59.7 Å². The van der Waals surface area contributed by atoms with E-state index in [1.54, 1.807) is 31.3 Å². The number of hydrogen-bond donors (Lipinski definition) is 10. The van der Waals surface area contributed by atoms with Crippen LogP contribution in [0.3, 0.4) is 0 Å². The SMILES string of the molecule is CNC(Cc1ccc(O)cc1)C(=O)NCC(=O)NC(CCCCN)C(=O)NCC(=O)NCC(=O)NC(Cc1ccc(O)cc1)C(N)=O. The zero-order chi connectivity index (χ0) is 34.8. The second-order valence-electron chi connectivity index (χ2n) is 10.7. The number of benzene rings is 2. The first-order valence-electron chi connectivity index (χ1n) is 15.0. The van der Waals surface area contributed by atoms with Crippen molar-refractivity contribution in [2.45, 2.75) is 50.2 Å². The second kappa shape index (κ2) is 20.0. The summed E-state index contributed by atoms with van der Waals surface area (Å²) in [4.78, 5) is 74.6. The molecule has 3 atom stereocenters. The van der Waals surface area contributed by atoms with Crippen LogP contribution >= 0.6 is 0 Å². The highest BCUT2D eigenvalue weighted by molar-refractivity contribution is 5.93. The first kappa shape index (κ1) is 38.0. The van der Waals surface area contributed by atoms with Crippen molar-refractivity contribution in [1.82, 2.24) is 31.9 Å². The lowest BCUT2D eigenvalue weighted by atomic mass is 10.1. The summed E-state index contributed by atoms with van der Waals surface area (Å²) in [6, 6.07) is 9.65. The van der Waals surface area contributed by atoms with E-state index in [9.17, 15) is 39.0 Å². The normalized spacial score (nSPS) is 12.6. The van der Waals surface area contributed by atoms with Crippen LogP contribution in [0.2, 0.25) is 0 Å². The zero-order valence-electron chi connectivity index (χ0n) is 26.2. The van der Waals surface area contributed by atoms with Crippen LogP contribution < -0.4 is 43.4 Å². The smallest absolute Gasteiger partial charge is 0.243 e. The molecule has 0 spiro atoms. The molecule has 0 radical (unpaired) electrons. The minimum Gasteiger partial charge on any atom is -0.508 e. The molecule has 0 heterocycles. The summed E-state index contributed by atoms with van der Waals surface area (Å²) < 4.78 is 0. The van der Waals surface area contributed by atoms with Crippen molar-refractivity contribution in [2.24, 2.45) is 11.5 Å². The van der Waals surface area contributed by atoms with Crippen LogP contribution in [-0.2, 0) is 41.6 Å². The number of rotatable bonds is 20. The van der Waals surface area contributed by atoms with Gasteiger partial charge in [0.1, 0.15) is 23.6 Å².